The summed E-state index contributed by atoms with van der Waals surface area (Å²) in [5, 5.41) is 29.8. The first-order valence-corrected chi connectivity index (χ1v) is 7.16. The molecule has 10 heteroatoms. The second kappa shape index (κ2) is 5.86. The molecule has 0 spiro atoms. The molecule has 0 bridgehead atoms. The van der Waals surface area contributed by atoms with Gasteiger partial charge in [-0.2, -0.15) is 13.2 Å². The molecule has 1 saturated carbocycles. The molecule has 0 radical (unpaired) electrons. The van der Waals surface area contributed by atoms with Crippen molar-refractivity contribution in [2.45, 2.75) is 38.1 Å². The third kappa shape index (κ3) is 3.23. The largest absolute Gasteiger partial charge is 0.506 e. The zero-order chi connectivity index (χ0) is 17.5. The van der Waals surface area contributed by atoms with Crippen LogP contribution in [0.1, 0.15) is 24.1 Å². The van der Waals surface area contributed by atoms with Crippen LogP contribution in [0.2, 0.25) is 0 Å². The molecule has 0 unspecified atom stereocenters. The molecule has 2 aromatic rings. The van der Waals surface area contributed by atoms with Gasteiger partial charge < -0.3 is 15.5 Å². The van der Waals surface area contributed by atoms with Crippen LogP contribution in [0.15, 0.2) is 12.3 Å². The molecule has 0 atom stereocenters. The lowest BCUT2D eigenvalue weighted by Gasteiger charge is -2.31. The van der Waals surface area contributed by atoms with Gasteiger partial charge in [0.25, 0.3) is 0 Å². The maximum absolute atomic E-state index is 12.6. The number of anilines is 1. The number of aliphatic hydroxyl groups excluding tert-OH is 1. The van der Waals surface area contributed by atoms with Crippen molar-refractivity contribution < 1.29 is 23.4 Å². The van der Waals surface area contributed by atoms with Gasteiger partial charge >= 0.3 is 6.18 Å². The van der Waals surface area contributed by atoms with Gasteiger partial charge in [0.2, 0.25) is 5.95 Å². The van der Waals surface area contributed by atoms with E-state index in [9.17, 15) is 23.4 Å². The average Bonchev–Trinajstić information content (AvgIpc) is 2.45. The number of hydrogen-bond donors (Lipinski definition) is 3. The van der Waals surface area contributed by atoms with Crippen molar-refractivity contribution in [2.24, 2.45) is 0 Å². The predicted molar refractivity (Wildman–Crippen MR) is 77.1 cm³/mol. The smallest absolute Gasteiger partial charge is 0.418 e. The number of nitrogens with one attached hydrogen (secondary N) is 1. The summed E-state index contributed by atoms with van der Waals surface area (Å²) in [6.45, 7) is 1.59. The molecule has 0 saturated heterocycles. The summed E-state index contributed by atoms with van der Waals surface area (Å²) in [6.07, 6.45) is -3.12. The maximum Gasteiger partial charge on any atom is 0.418 e. The molecule has 0 aromatic carbocycles. The Morgan fingerprint density at radius 3 is 2.46 bits per heavy atom. The summed E-state index contributed by atoms with van der Waals surface area (Å²) in [5.41, 5.74) is -0.717. The molecule has 128 valence electrons. The van der Waals surface area contributed by atoms with Crippen molar-refractivity contribution in [3.63, 3.8) is 0 Å². The molecular formula is C14H14F3N5O2. The van der Waals surface area contributed by atoms with Crippen LogP contribution in [0, 0.1) is 6.92 Å². The van der Waals surface area contributed by atoms with E-state index in [2.05, 4.69) is 25.5 Å². The summed E-state index contributed by atoms with van der Waals surface area (Å²) < 4.78 is 37.8. The summed E-state index contributed by atoms with van der Waals surface area (Å²) in [7, 11) is 0. The quantitative estimate of drug-likeness (QED) is 0.783. The molecule has 7 nitrogen and oxygen atoms in total. The van der Waals surface area contributed by atoms with E-state index >= 15 is 0 Å². The van der Waals surface area contributed by atoms with Crippen LogP contribution in [0.25, 0.3) is 11.4 Å². The summed E-state index contributed by atoms with van der Waals surface area (Å²) in [6, 6.07) is 0.649. The molecule has 3 N–H and O–H groups in total. The van der Waals surface area contributed by atoms with Crippen molar-refractivity contribution >= 4 is 5.95 Å². The van der Waals surface area contributed by atoms with Gasteiger partial charge in [0.15, 0.2) is 0 Å². The minimum absolute atomic E-state index is 0.0599. The second-order valence-corrected chi connectivity index (χ2v) is 5.63. The molecule has 2 aromatic heterocycles. The summed E-state index contributed by atoms with van der Waals surface area (Å²) >= 11 is 0. The highest BCUT2D eigenvalue weighted by molar-refractivity contribution is 5.64. The zero-order valence-electron chi connectivity index (χ0n) is 12.5. The first kappa shape index (κ1) is 16.4. The maximum atomic E-state index is 12.6. The Hall–Kier alpha value is -2.49. The van der Waals surface area contributed by atoms with Crippen LogP contribution in [0.5, 0.6) is 5.75 Å². The average molecular weight is 341 g/mol. The van der Waals surface area contributed by atoms with Crippen molar-refractivity contribution in [1.82, 2.24) is 20.2 Å². The van der Waals surface area contributed by atoms with Crippen molar-refractivity contribution in [2.75, 3.05) is 5.32 Å². The van der Waals surface area contributed by atoms with E-state index < -0.39 is 17.5 Å². The molecule has 0 amide bonds. The van der Waals surface area contributed by atoms with Gasteiger partial charge in [-0.3, -0.25) is 0 Å². The molecule has 0 aliphatic heterocycles. The third-order valence-corrected chi connectivity index (χ3v) is 3.73. The zero-order valence-corrected chi connectivity index (χ0v) is 12.5. The Kier molecular flexibility index (Phi) is 3.99. The van der Waals surface area contributed by atoms with Crippen LogP contribution >= 0.6 is 0 Å². The van der Waals surface area contributed by atoms with Crippen LogP contribution < -0.4 is 5.32 Å². The van der Waals surface area contributed by atoms with Gasteiger partial charge in [-0.15, -0.1) is 10.2 Å². The number of rotatable bonds is 3. The number of aromatic hydroxyl groups is 1. The lowest BCUT2D eigenvalue weighted by atomic mass is 9.90. The third-order valence-electron chi connectivity index (χ3n) is 3.73. The summed E-state index contributed by atoms with van der Waals surface area (Å²) in [5.74, 6) is -0.397. The fourth-order valence-electron chi connectivity index (χ4n) is 2.36. The second-order valence-electron chi connectivity index (χ2n) is 5.63. The molecule has 1 aliphatic rings. The highest BCUT2D eigenvalue weighted by Crippen LogP contribution is 2.34. The number of aryl methyl sites for hydroxylation is 1. The molecule has 1 fully saturated rings. The first-order chi connectivity index (χ1) is 11.2. The van der Waals surface area contributed by atoms with E-state index in [1.165, 1.54) is 0 Å². The normalized spacial score (nSPS) is 20.5. The number of aliphatic hydroxyl groups is 1. The highest BCUT2D eigenvalue weighted by atomic mass is 19.4. The number of aromatic nitrogens is 4. The van der Waals surface area contributed by atoms with Crippen LogP contribution in [0.4, 0.5) is 19.1 Å². The van der Waals surface area contributed by atoms with Crippen molar-refractivity contribution in [3.05, 3.63) is 23.5 Å². The molecular weight excluding hydrogens is 327 g/mol. The lowest BCUT2D eigenvalue weighted by Crippen LogP contribution is -2.39. The minimum atomic E-state index is -4.59. The van der Waals surface area contributed by atoms with Crippen molar-refractivity contribution in [3.8, 4) is 17.1 Å². The fraction of sp³-hybridized carbons (Fsp3) is 0.429. The van der Waals surface area contributed by atoms with Crippen LogP contribution in [0.3, 0.4) is 0 Å². The number of nitrogens with zero attached hydrogens (tertiary/aromatic N) is 4. The molecule has 2 heterocycles. The van der Waals surface area contributed by atoms with Gasteiger partial charge in [-0.25, -0.2) is 9.97 Å². The highest BCUT2D eigenvalue weighted by Gasteiger charge is 2.32. The van der Waals surface area contributed by atoms with E-state index in [0.717, 1.165) is 0 Å². The van der Waals surface area contributed by atoms with Gasteiger partial charge in [0.05, 0.1) is 17.4 Å². The van der Waals surface area contributed by atoms with E-state index in [4.69, 9.17) is 0 Å². The van der Waals surface area contributed by atoms with Crippen LogP contribution in [-0.4, -0.2) is 42.5 Å². The Morgan fingerprint density at radius 1 is 1.21 bits per heavy atom. The first-order valence-electron chi connectivity index (χ1n) is 7.16. The van der Waals surface area contributed by atoms with Gasteiger partial charge in [-0.05, 0) is 25.8 Å². The van der Waals surface area contributed by atoms with E-state index in [1.807, 2.05) is 0 Å². The fourth-order valence-corrected chi connectivity index (χ4v) is 2.36. The van der Waals surface area contributed by atoms with E-state index in [1.54, 1.807) is 6.92 Å². The minimum Gasteiger partial charge on any atom is -0.506 e. The summed E-state index contributed by atoms with van der Waals surface area (Å²) in [4.78, 5) is 7.81. The van der Waals surface area contributed by atoms with Gasteiger partial charge in [0, 0.05) is 12.2 Å². The number of halogens is 3. The molecule has 1 aliphatic carbocycles. The van der Waals surface area contributed by atoms with Crippen LogP contribution in [-0.2, 0) is 6.18 Å². The Balaban J connectivity index is 1.84. The SMILES string of the molecule is Cc1nc(NC2CC(O)C2)nnc1-c1ncc(C(F)(F)F)cc1O. The Labute approximate surface area is 134 Å². The van der Waals surface area contributed by atoms with Crippen molar-refractivity contribution in [1.29, 1.82) is 0 Å². The number of alkyl halides is 3. The molecule has 3 rings (SSSR count). The van der Waals surface area contributed by atoms with E-state index in [0.29, 0.717) is 30.8 Å². The number of pyridine rings is 1. The molecule has 24 heavy (non-hydrogen) atoms. The lowest BCUT2D eigenvalue weighted by molar-refractivity contribution is -0.137. The van der Waals surface area contributed by atoms with E-state index in [-0.39, 0.29) is 29.5 Å². The monoisotopic (exact) mass is 341 g/mol. The topological polar surface area (TPSA) is 104 Å². The Bertz CT molecular complexity index is 763. The number of hydrogen-bond acceptors (Lipinski definition) is 7. The predicted octanol–water partition coefficient (Wildman–Crippen LogP) is 1.90. The Morgan fingerprint density at radius 2 is 1.92 bits per heavy atom. The van der Waals surface area contributed by atoms with Gasteiger partial charge in [-0.1, -0.05) is 0 Å². The van der Waals surface area contributed by atoms with Gasteiger partial charge in [0.1, 0.15) is 17.1 Å². The standard InChI is InChI=1S/C14H14F3N5O2/c1-6-11(12-10(24)2-7(5-18-12)14(15,16)17)21-22-13(19-6)20-8-3-9(23)4-8/h2,5,8-9,23-24H,3-4H2,1H3,(H,19,20,22).